The summed E-state index contributed by atoms with van der Waals surface area (Å²) in [7, 11) is -4.69. The summed E-state index contributed by atoms with van der Waals surface area (Å²) < 4.78 is 138. The minimum absolute atomic E-state index is 0.260. The zero-order valence-corrected chi connectivity index (χ0v) is 19.9. The van der Waals surface area contributed by atoms with Gasteiger partial charge in [0, 0.05) is 12.1 Å². The third-order valence-electron chi connectivity index (χ3n) is 4.46. The van der Waals surface area contributed by atoms with E-state index < -0.39 is 86.9 Å². The average molecular weight is 604 g/mol. The third-order valence-corrected chi connectivity index (χ3v) is 6.41. The van der Waals surface area contributed by atoms with Gasteiger partial charge in [0.25, 0.3) is 11.8 Å². The number of ether oxygens (including phenoxy) is 2. The normalized spacial score (nSPS) is 16.2. The first kappa shape index (κ1) is 28.9. The van der Waals surface area contributed by atoms with Crippen LogP contribution in [0.1, 0.15) is 10.4 Å². The van der Waals surface area contributed by atoms with Crippen LogP contribution in [0.4, 0.5) is 35.1 Å². The number of rotatable bonds is 8. The summed E-state index contributed by atoms with van der Waals surface area (Å²) in [6, 6.07) is 2.07. The van der Waals surface area contributed by atoms with Crippen LogP contribution >= 0.6 is 23.2 Å². The van der Waals surface area contributed by atoms with Crippen molar-refractivity contribution < 1.29 is 57.8 Å². The van der Waals surface area contributed by atoms with Gasteiger partial charge in [0.05, 0.1) is 29.9 Å². The number of hydrogen-bond acceptors (Lipinski definition) is 6. The number of carbonyl (C=O) groups is 1. The lowest BCUT2D eigenvalue weighted by atomic mass is 10.2. The fourth-order valence-corrected chi connectivity index (χ4v) is 4.20. The Morgan fingerprint density at radius 2 is 1.73 bits per heavy atom. The van der Waals surface area contributed by atoms with E-state index in [-0.39, 0.29) is 10.1 Å². The zero-order valence-electron chi connectivity index (χ0n) is 17.6. The first-order valence-electron chi connectivity index (χ1n) is 9.41. The highest BCUT2D eigenvalue weighted by Gasteiger charge is 2.58. The second-order valence-corrected chi connectivity index (χ2v) is 9.86. The fraction of sp³-hybridized carbons (Fsp3) is 0.333. The number of carbonyl (C=O) groups excluding carboxylic acids is 1. The van der Waals surface area contributed by atoms with E-state index in [0.717, 1.165) is 12.3 Å². The molecule has 37 heavy (non-hydrogen) atoms. The summed E-state index contributed by atoms with van der Waals surface area (Å²) in [6.07, 6.45) is -5.11. The van der Waals surface area contributed by atoms with Crippen molar-refractivity contribution in [2.75, 3.05) is 19.7 Å². The van der Waals surface area contributed by atoms with Crippen molar-refractivity contribution in [1.29, 1.82) is 0 Å². The van der Waals surface area contributed by atoms with Gasteiger partial charge in [-0.25, -0.2) is 22.9 Å². The van der Waals surface area contributed by atoms with Gasteiger partial charge in [0.15, 0.2) is 6.61 Å². The lowest BCUT2D eigenvalue weighted by molar-refractivity contribution is -0.290. The smallest absolute Gasteiger partial charge is 0.456 e. The van der Waals surface area contributed by atoms with E-state index in [0.29, 0.717) is 12.1 Å². The minimum Gasteiger partial charge on any atom is -0.470 e. The quantitative estimate of drug-likeness (QED) is 0.435. The molecule has 1 N–H and O–H groups in total. The van der Waals surface area contributed by atoms with Gasteiger partial charge in [0.1, 0.15) is 22.3 Å². The van der Waals surface area contributed by atoms with Crippen molar-refractivity contribution in [2.45, 2.75) is 18.0 Å². The highest BCUT2D eigenvalue weighted by molar-refractivity contribution is 7.87. The summed E-state index contributed by atoms with van der Waals surface area (Å²) in [5.41, 5.74) is -0.890. The van der Waals surface area contributed by atoms with E-state index in [1.54, 1.807) is 0 Å². The van der Waals surface area contributed by atoms with Gasteiger partial charge in [-0.05, 0) is 6.07 Å². The molecule has 8 nitrogen and oxygen atoms in total. The molecule has 2 heterocycles. The molecule has 0 unspecified atom stereocenters. The van der Waals surface area contributed by atoms with Crippen LogP contribution in [-0.4, -0.2) is 61.3 Å². The lowest BCUT2D eigenvalue weighted by Crippen LogP contribution is -2.61. The van der Waals surface area contributed by atoms with Gasteiger partial charge in [0.2, 0.25) is 5.88 Å². The monoisotopic (exact) mass is 603 g/mol. The molecule has 1 aromatic heterocycles. The van der Waals surface area contributed by atoms with E-state index >= 15 is 0 Å². The molecule has 1 saturated heterocycles. The van der Waals surface area contributed by atoms with Crippen molar-refractivity contribution >= 4 is 39.3 Å². The predicted molar refractivity (Wildman–Crippen MR) is 110 cm³/mol. The van der Waals surface area contributed by atoms with Crippen LogP contribution in [0.15, 0.2) is 24.4 Å². The van der Waals surface area contributed by atoms with Crippen LogP contribution in [0.2, 0.25) is 10.0 Å². The van der Waals surface area contributed by atoms with Crippen LogP contribution < -0.4 is 14.2 Å². The molecule has 204 valence electrons. The van der Waals surface area contributed by atoms with E-state index in [9.17, 15) is 48.3 Å². The van der Waals surface area contributed by atoms with Gasteiger partial charge in [-0.3, -0.25) is 4.79 Å². The molecule has 0 spiro atoms. The van der Waals surface area contributed by atoms with Crippen LogP contribution in [0.25, 0.3) is 0 Å². The Labute approximate surface area is 212 Å². The molecule has 0 aliphatic carbocycles. The third kappa shape index (κ3) is 6.63. The maximum Gasteiger partial charge on any atom is 0.456 e. The second-order valence-electron chi connectivity index (χ2n) is 7.37. The van der Waals surface area contributed by atoms with Gasteiger partial charge in [-0.15, -0.1) is 0 Å². The van der Waals surface area contributed by atoms with Crippen LogP contribution in [0, 0.1) is 5.82 Å². The molecular formula is C18H11Cl2F8N3O5S. The van der Waals surface area contributed by atoms with E-state index in [4.69, 9.17) is 27.9 Å². The van der Waals surface area contributed by atoms with Gasteiger partial charge < -0.3 is 9.47 Å². The number of pyridine rings is 1. The van der Waals surface area contributed by atoms with Crippen molar-refractivity contribution in [1.82, 2.24) is 14.0 Å². The van der Waals surface area contributed by atoms with E-state index in [1.807, 2.05) is 0 Å². The van der Waals surface area contributed by atoms with Crippen molar-refractivity contribution in [3.8, 4) is 17.4 Å². The predicted octanol–water partition coefficient (Wildman–Crippen LogP) is 4.82. The molecule has 0 atom stereocenters. The molecule has 0 radical (unpaired) electrons. The number of nitrogens with zero attached hydrogens (tertiary/aromatic N) is 2. The maximum atomic E-state index is 14.5. The number of halogens is 10. The molecule has 19 heteroatoms. The minimum atomic E-state index is -5.87. The zero-order chi connectivity index (χ0) is 28.0. The first-order valence-corrected chi connectivity index (χ1v) is 11.6. The highest BCUT2D eigenvalue weighted by Crippen LogP contribution is 2.38. The molecule has 1 amide bonds. The average Bonchev–Trinajstić information content (AvgIpc) is 2.72. The van der Waals surface area contributed by atoms with Crippen LogP contribution in [-0.2, 0) is 10.2 Å². The molecular weight excluding hydrogens is 593 g/mol. The molecule has 1 aromatic carbocycles. The number of amides is 1. The summed E-state index contributed by atoms with van der Waals surface area (Å²) in [4.78, 5) is 15.6. The Hall–Kier alpha value is -2.63. The number of aromatic nitrogens is 1. The summed E-state index contributed by atoms with van der Waals surface area (Å²) in [6.45, 7) is -4.45. The molecule has 0 saturated carbocycles. The fourth-order valence-electron chi connectivity index (χ4n) is 2.59. The van der Waals surface area contributed by atoms with Crippen LogP contribution in [0.5, 0.6) is 17.4 Å². The topological polar surface area (TPSA) is 97.8 Å². The standard InChI is InChI=1S/C18H11Cl2F8N3O5S/c19-10-2-9(14(32)30-37(33,34)31-5-16(22,23)6-31)12(21)3-13(10)36-8-1-11(20)15(29-4-8)35-7-17(24,25)18(26,27)28/h1-4H,5-7H2,(H,30,32). The number of benzene rings is 1. The number of hydrogen-bond donors (Lipinski definition) is 1. The van der Waals surface area contributed by atoms with E-state index in [2.05, 4.69) is 9.72 Å². The molecule has 2 aromatic rings. The Bertz CT molecular complexity index is 1320. The largest absolute Gasteiger partial charge is 0.470 e. The molecule has 0 bridgehead atoms. The van der Waals surface area contributed by atoms with Crippen molar-refractivity contribution in [2.24, 2.45) is 0 Å². The first-order chi connectivity index (χ1) is 16.8. The summed E-state index contributed by atoms with van der Waals surface area (Å²) in [5, 5.41) is -1.02. The Balaban J connectivity index is 1.70. The Kier molecular flexibility index (Phi) is 7.76. The SMILES string of the molecule is O=C(NS(=O)(=O)N1CC(F)(F)C1)c1cc(Cl)c(Oc2cnc(OCC(F)(F)C(F)(F)F)c(Cl)c2)cc1F. The van der Waals surface area contributed by atoms with E-state index in [1.165, 1.54) is 4.72 Å². The molecule has 3 rings (SSSR count). The maximum absolute atomic E-state index is 14.5. The van der Waals surface area contributed by atoms with Gasteiger partial charge >= 0.3 is 22.3 Å². The molecule has 1 aliphatic heterocycles. The summed E-state index contributed by atoms with van der Waals surface area (Å²) >= 11 is 11.7. The number of nitrogens with one attached hydrogen (secondary N) is 1. The highest BCUT2D eigenvalue weighted by atomic mass is 35.5. The molecule has 1 fully saturated rings. The van der Waals surface area contributed by atoms with Crippen LogP contribution in [0.3, 0.4) is 0 Å². The summed E-state index contributed by atoms with van der Waals surface area (Å²) in [5.74, 6) is -12.9. The lowest BCUT2D eigenvalue weighted by Gasteiger charge is -2.37. The van der Waals surface area contributed by atoms with Crippen molar-refractivity contribution in [3.05, 3.63) is 45.8 Å². The second kappa shape index (κ2) is 9.92. The Morgan fingerprint density at radius 3 is 2.27 bits per heavy atom. The van der Waals surface area contributed by atoms with Crippen molar-refractivity contribution in [3.63, 3.8) is 0 Å². The molecule has 1 aliphatic rings. The Morgan fingerprint density at radius 1 is 1.11 bits per heavy atom. The number of alkyl halides is 7. The van der Waals surface area contributed by atoms with Gasteiger partial charge in [-0.1, -0.05) is 23.2 Å². The van der Waals surface area contributed by atoms with Gasteiger partial charge in [-0.2, -0.15) is 34.7 Å².